The molecule has 1 aromatic carbocycles. The van der Waals surface area contributed by atoms with Crippen molar-refractivity contribution in [2.24, 2.45) is 0 Å². The van der Waals surface area contributed by atoms with E-state index >= 15 is 0 Å². The van der Waals surface area contributed by atoms with Crippen LogP contribution in [0.2, 0.25) is 0 Å². The third kappa shape index (κ3) is 3.62. The molecule has 1 saturated heterocycles. The number of anilines is 1. The number of carboxylic acids is 1. The van der Waals surface area contributed by atoms with Crippen LogP contribution in [0.5, 0.6) is 0 Å². The standard InChI is InChI=1S/C15H18N2O5/c1-17(2)14(19)9-4-3-5-10(8-9)16-13(18)11-6-7-12(22-11)15(20)21/h3-5,8,11-12H,6-7H2,1-2H3,(H,16,18)(H,20,21)/t11-,12+/m0/s1. The van der Waals surface area contributed by atoms with Crippen molar-refractivity contribution in [1.82, 2.24) is 4.90 Å². The van der Waals surface area contributed by atoms with E-state index in [1.54, 1.807) is 38.4 Å². The molecule has 0 aromatic heterocycles. The number of nitrogens with one attached hydrogen (secondary N) is 1. The van der Waals surface area contributed by atoms with E-state index in [9.17, 15) is 14.4 Å². The second-order valence-corrected chi connectivity index (χ2v) is 5.30. The Morgan fingerprint density at radius 2 is 1.91 bits per heavy atom. The Kier molecular flexibility index (Phi) is 4.77. The molecule has 0 unspecified atom stereocenters. The molecule has 0 bridgehead atoms. The van der Waals surface area contributed by atoms with Gasteiger partial charge in [-0.3, -0.25) is 9.59 Å². The van der Waals surface area contributed by atoms with Gasteiger partial charge in [0.2, 0.25) is 0 Å². The summed E-state index contributed by atoms with van der Waals surface area (Å²) in [5.41, 5.74) is 0.929. The van der Waals surface area contributed by atoms with Crippen molar-refractivity contribution < 1.29 is 24.2 Å². The second kappa shape index (κ2) is 6.57. The predicted octanol–water partition coefficient (Wildman–Crippen LogP) is 0.959. The molecule has 0 aliphatic carbocycles. The molecule has 1 heterocycles. The number of aliphatic carboxylic acids is 1. The van der Waals surface area contributed by atoms with E-state index < -0.39 is 24.1 Å². The Labute approximate surface area is 127 Å². The summed E-state index contributed by atoms with van der Waals surface area (Å²) in [6.07, 6.45) is -1.04. The summed E-state index contributed by atoms with van der Waals surface area (Å²) in [6, 6.07) is 6.56. The SMILES string of the molecule is CN(C)C(=O)c1cccc(NC(=O)[C@@H]2CC[C@H](C(=O)O)O2)c1. The molecule has 1 aliphatic rings. The van der Waals surface area contributed by atoms with E-state index in [1.165, 1.54) is 4.90 Å². The Hall–Kier alpha value is -2.41. The molecule has 2 atom stereocenters. The van der Waals surface area contributed by atoms with Gasteiger partial charge in [0, 0.05) is 25.3 Å². The smallest absolute Gasteiger partial charge is 0.332 e. The van der Waals surface area contributed by atoms with Crippen molar-refractivity contribution in [2.75, 3.05) is 19.4 Å². The van der Waals surface area contributed by atoms with Crippen molar-refractivity contribution in [2.45, 2.75) is 25.0 Å². The molecular formula is C15H18N2O5. The topological polar surface area (TPSA) is 95.9 Å². The van der Waals surface area contributed by atoms with Crippen molar-refractivity contribution >= 4 is 23.5 Å². The number of carbonyl (C=O) groups is 3. The predicted molar refractivity (Wildman–Crippen MR) is 78.6 cm³/mol. The molecule has 7 nitrogen and oxygen atoms in total. The number of amides is 2. The Balaban J connectivity index is 2.02. The molecule has 0 spiro atoms. The third-order valence-electron chi connectivity index (χ3n) is 3.37. The highest BCUT2D eigenvalue weighted by molar-refractivity contribution is 5.98. The summed E-state index contributed by atoms with van der Waals surface area (Å²) in [5, 5.41) is 11.5. The molecule has 1 aliphatic heterocycles. The lowest BCUT2D eigenvalue weighted by atomic mass is 10.1. The van der Waals surface area contributed by atoms with E-state index in [4.69, 9.17) is 9.84 Å². The van der Waals surface area contributed by atoms with Gasteiger partial charge < -0.3 is 20.1 Å². The van der Waals surface area contributed by atoms with Gasteiger partial charge in [0.1, 0.15) is 6.10 Å². The number of benzene rings is 1. The zero-order chi connectivity index (χ0) is 16.3. The molecule has 1 aromatic rings. The van der Waals surface area contributed by atoms with Gasteiger partial charge in [-0.25, -0.2) is 4.79 Å². The van der Waals surface area contributed by atoms with Gasteiger partial charge in [-0.2, -0.15) is 0 Å². The molecule has 0 saturated carbocycles. The second-order valence-electron chi connectivity index (χ2n) is 5.30. The van der Waals surface area contributed by atoms with Crippen LogP contribution in [0.4, 0.5) is 5.69 Å². The van der Waals surface area contributed by atoms with Crippen LogP contribution in [0.3, 0.4) is 0 Å². The van der Waals surface area contributed by atoms with Crippen LogP contribution >= 0.6 is 0 Å². The molecule has 7 heteroatoms. The molecule has 118 valence electrons. The lowest BCUT2D eigenvalue weighted by Gasteiger charge is -2.14. The van der Waals surface area contributed by atoms with Crippen molar-refractivity contribution in [3.63, 3.8) is 0 Å². The average molecular weight is 306 g/mol. The van der Waals surface area contributed by atoms with E-state index in [2.05, 4.69) is 5.32 Å². The maximum absolute atomic E-state index is 12.1. The lowest BCUT2D eigenvalue weighted by molar-refractivity contribution is -0.150. The highest BCUT2D eigenvalue weighted by Crippen LogP contribution is 2.21. The summed E-state index contributed by atoms with van der Waals surface area (Å²) in [4.78, 5) is 36.2. The highest BCUT2D eigenvalue weighted by Gasteiger charge is 2.34. The van der Waals surface area contributed by atoms with Gasteiger partial charge in [0.05, 0.1) is 0 Å². The molecule has 0 radical (unpaired) electrons. The van der Waals surface area contributed by atoms with Crippen molar-refractivity contribution in [3.8, 4) is 0 Å². The van der Waals surface area contributed by atoms with Gasteiger partial charge in [-0.15, -0.1) is 0 Å². The molecule has 2 N–H and O–H groups in total. The number of rotatable bonds is 4. The number of nitrogens with zero attached hydrogens (tertiary/aromatic N) is 1. The number of hydrogen-bond acceptors (Lipinski definition) is 4. The monoisotopic (exact) mass is 306 g/mol. The first kappa shape index (κ1) is 16.0. The van der Waals surface area contributed by atoms with Gasteiger partial charge in [-0.1, -0.05) is 6.07 Å². The molecule has 2 amide bonds. The van der Waals surface area contributed by atoms with Crippen LogP contribution in [-0.2, 0) is 14.3 Å². The molecule has 22 heavy (non-hydrogen) atoms. The summed E-state index contributed by atoms with van der Waals surface area (Å²) >= 11 is 0. The van der Waals surface area contributed by atoms with E-state index in [1.807, 2.05) is 0 Å². The van der Waals surface area contributed by atoms with Crippen LogP contribution < -0.4 is 5.32 Å². The summed E-state index contributed by atoms with van der Waals surface area (Å²) in [6.45, 7) is 0. The third-order valence-corrected chi connectivity index (χ3v) is 3.37. The molecule has 1 fully saturated rings. The zero-order valence-corrected chi connectivity index (χ0v) is 12.4. The average Bonchev–Trinajstić information content (AvgIpc) is 2.96. The number of carboxylic acid groups (broad SMARTS) is 1. The van der Waals surface area contributed by atoms with Crippen LogP contribution in [0, 0.1) is 0 Å². The molecule has 2 rings (SSSR count). The van der Waals surface area contributed by atoms with Crippen LogP contribution in [0.15, 0.2) is 24.3 Å². The zero-order valence-electron chi connectivity index (χ0n) is 12.4. The number of ether oxygens (including phenoxy) is 1. The van der Waals surface area contributed by atoms with Crippen molar-refractivity contribution in [3.05, 3.63) is 29.8 Å². The first-order valence-corrected chi connectivity index (χ1v) is 6.89. The number of carbonyl (C=O) groups excluding carboxylic acids is 2. The quantitative estimate of drug-likeness (QED) is 0.863. The fourth-order valence-electron chi connectivity index (χ4n) is 2.22. The first-order chi connectivity index (χ1) is 10.4. The first-order valence-electron chi connectivity index (χ1n) is 6.89. The van der Waals surface area contributed by atoms with Gasteiger partial charge in [0.25, 0.3) is 11.8 Å². The lowest BCUT2D eigenvalue weighted by Crippen LogP contribution is -2.30. The largest absolute Gasteiger partial charge is 0.479 e. The summed E-state index contributed by atoms with van der Waals surface area (Å²) in [5.74, 6) is -1.63. The maximum Gasteiger partial charge on any atom is 0.332 e. The minimum Gasteiger partial charge on any atom is -0.479 e. The van der Waals surface area contributed by atoms with Gasteiger partial charge in [0.15, 0.2) is 6.10 Å². The Bertz CT molecular complexity index is 599. The summed E-state index contributed by atoms with van der Waals surface area (Å²) in [7, 11) is 3.29. The van der Waals surface area contributed by atoms with Gasteiger partial charge >= 0.3 is 5.97 Å². The van der Waals surface area contributed by atoms with Crippen LogP contribution in [0.25, 0.3) is 0 Å². The minimum absolute atomic E-state index is 0.167. The van der Waals surface area contributed by atoms with Gasteiger partial charge in [-0.05, 0) is 31.0 Å². The van der Waals surface area contributed by atoms with E-state index in [0.29, 0.717) is 24.1 Å². The molecular weight excluding hydrogens is 288 g/mol. The van der Waals surface area contributed by atoms with Crippen molar-refractivity contribution in [1.29, 1.82) is 0 Å². The Morgan fingerprint density at radius 1 is 1.23 bits per heavy atom. The summed E-state index contributed by atoms with van der Waals surface area (Å²) < 4.78 is 5.19. The number of hydrogen-bond donors (Lipinski definition) is 2. The van der Waals surface area contributed by atoms with E-state index in [-0.39, 0.29) is 5.91 Å². The maximum atomic E-state index is 12.1. The minimum atomic E-state index is -1.06. The fraction of sp³-hybridized carbons (Fsp3) is 0.400. The van der Waals surface area contributed by atoms with Crippen LogP contribution in [-0.4, -0.2) is 54.1 Å². The van der Waals surface area contributed by atoms with E-state index in [0.717, 1.165) is 0 Å². The normalized spacial score (nSPS) is 20.5. The Morgan fingerprint density at radius 3 is 2.50 bits per heavy atom. The highest BCUT2D eigenvalue weighted by atomic mass is 16.5. The van der Waals surface area contributed by atoms with Crippen LogP contribution in [0.1, 0.15) is 23.2 Å². The fourth-order valence-corrected chi connectivity index (χ4v) is 2.22.